The molecule has 2 aliphatic carbocycles. The quantitative estimate of drug-likeness (QED) is 0.779. The van der Waals surface area contributed by atoms with Gasteiger partial charge in [0, 0.05) is 36.2 Å². The second-order valence-corrected chi connectivity index (χ2v) is 6.66. The minimum Gasteiger partial charge on any atom is -0.396 e. The predicted octanol–water partition coefficient (Wildman–Crippen LogP) is 2.17. The highest BCUT2D eigenvalue weighted by atomic mass is 16.3. The summed E-state index contributed by atoms with van der Waals surface area (Å²) < 4.78 is 0. The summed E-state index contributed by atoms with van der Waals surface area (Å²) in [5.41, 5.74) is 1.18. The first-order chi connectivity index (χ1) is 11.1. The molecule has 0 radical (unpaired) electrons. The summed E-state index contributed by atoms with van der Waals surface area (Å²) in [4.78, 5) is 24.0. The number of aliphatic hydroxyl groups excluding tert-OH is 1. The Morgan fingerprint density at radius 1 is 1.26 bits per heavy atom. The van der Waals surface area contributed by atoms with E-state index in [1.807, 2.05) is 0 Å². The zero-order chi connectivity index (χ0) is 16.4. The van der Waals surface area contributed by atoms with Crippen molar-refractivity contribution in [3.05, 3.63) is 29.8 Å². The molecule has 2 saturated carbocycles. The Hall–Kier alpha value is -1.88. The molecule has 2 aliphatic rings. The molecule has 23 heavy (non-hydrogen) atoms. The molecule has 2 bridgehead atoms. The summed E-state index contributed by atoms with van der Waals surface area (Å²) in [7, 11) is 0. The van der Waals surface area contributed by atoms with Crippen molar-refractivity contribution in [2.45, 2.75) is 38.6 Å². The fourth-order valence-electron chi connectivity index (χ4n) is 4.12. The first-order valence-corrected chi connectivity index (χ1v) is 8.44. The second-order valence-electron chi connectivity index (χ2n) is 6.66. The van der Waals surface area contributed by atoms with Gasteiger partial charge < -0.3 is 15.7 Å². The van der Waals surface area contributed by atoms with Crippen LogP contribution < -0.4 is 10.6 Å². The van der Waals surface area contributed by atoms with Gasteiger partial charge in [0.05, 0.1) is 0 Å². The van der Waals surface area contributed by atoms with E-state index in [0.717, 1.165) is 12.8 Å². The number of amides is 2. The molecule has 1 aromatic carbocycles. The summed E-state index contributed by atoms with van der Waals surface area (Å²) in [6.45, 7) is 1.93. The van der Waals surface area contributed by atoms with Crippen molar-refractivity contribution in [2.75, 3.05) is 11.9 Å². The summed E-state index contributed by atoms with van der Waals surface area (Å²) in [6, 6.07) is 7.06. The first-order valence-electron chi connectivity index (χ1n) is 8.44. The van der Waals surface area contributed by atoms with Crippen LogP contribution in [0.5, 0.6) is 0 Å². The van der Waals surface area contributed by atoms with Gasteiger partial charge in [-0.2, -0.15) is 0 Å². The molecule has 0 heterocycles. The highest BCUT2D eigenvalue weighted by Gasteiger charge is 2.47. The highest BCUT2D eigenvalue weighted by Crippen LogP contribution is 2.48. The fraction of sp³-hybridized carbons (Fsp3) is 0.556. The van der Waals surface area contributed by atoms with Gasteiger partial charge in [0.1, 0.15) is 0 Å². The number of hydrogen-bond acceptors (Lipinski definition) is 3. The lowest BCUT2D eigenvalue weighted by Gasteiger charge is -2.30. The van der Waals surface area contributed by atoms with Crippen LogP contribution in [-0.2, 0) is 4.79 Å². The van der Waals surface area contributed by atoms with E-state index < -0.39 is 0 Å². The number of benzene rings is 1. The van der Waals surface area contributed by atoms with Crippen LogP contribution >= 0.6 is 0 Å². The Labute approximate surface area is 136 Å². The van der Waals surface area contributed by atoms with Crippen LogP contribution in [-0.4, -0.2) is 29.6 Å². The zero-order valence-electron chi connectivity index (χ0n) is 13.4. The van der Waals surface area contributed by atoms with Crippen molar-refractivity contribution >= 4 is 17.5 Å². The second kappa shape index (κ2) is 6.71. The highest BCUT2D eigenvalue weighted by molar-refractivity contribution is 5.97. The smallest absolute Gasteiger partial charge is 0.251 e. The van der Waals surface area contributed by atoms with Crippen molar-refractivity contribution in [1.29, 1.82) is 0 Å². The van der Waals surface area contributed by atoms with Crippen molar-refractivity contribution in [1.82, 2.24) is 5.32 Å². The Kier molecular flexibility index (Phi) is 4.66. The molecule has 0 aliphatic heterocycles. The van der Waals surface area contributed by atoms with Crippen molar-refractivity contribution in [3.8, 4) is 0 Å². The number of hydrogen-bond donors (Lipinski definition) is 3. The number of aliphatic hydroxyl groups is 1. The molecule has 1 aromatic rings. The van der Waals surface area contributed by atoms with E-state index in [0.29, 0.717) is 29.5 Å². The van der Waals surface area contributed by atoms with Crippen LogP contribution in [0.15, 0.2) is 24.3 Å². The van der Waals surface area contributed by atoms with Gasteiger partial charge in [-0.1, -0.05) is 13.0 Å². The van der Waals surface area contributed by atoms with Crippen LogP contribution in [0.4, 0.5) is 5.69 Å². The van der Waals surface area contributed by atoms with Gasteiger partial charge in [0.25, 0.3) is 5.91 Å². The van der Waals surface area contributed by atoms with E-state index in [4.69, 9.17) is 0 Å². The van der Waals surface area contributed by atoms with E-state index in [-0.39, 0.29) is 30.4 Å². The molecule has 124 valence electrons. The molecular weight excluding hydrogens is 292 g/mol. The Balaban J connectivity index is 1.68. The first kappa shape index (κ1) is 16.0. The van der Waals surface area contributed by atoms with E-state index in [1.165, 1.54) is 6.42 Å². The molecule has 0 aromatic heterocycles. The lowest BCUT2D eigenvalue weighted by molar-refractivity contribution is -0.115. The minimum atomic E-state index is -0.131. The average molecular weight is 316 g/mol. The van der Waals surface area contributed by atoms with Crippen LogP contribution in [0, 0.1) is 17.8 Å². The van der Waals surface area contributed by atoms with Gasteiger partial charge >= 0.3 is 0 Å². The molecular formula is C18H24N2O3. The molecule has 0 spiro atoms. The number of nitrogens with one attached hydrogen (secondary N) is 2. The topological polar surface area (TPSA) is 78.4 Å². The summed E-state index contributed by atoms with van der Waals surface area (Å²) in [6.07, 6.45) is 3.82. The SMILES string of the molecule is CCC(=O)Nc1cccc(C(=O)NC2C3CCC(C3)C2CO)c1. The summed E-state index contributed by atoms with van der Waals surface area (Å²) in [5, 5.41) is 15.5. The third-order valence-corrected chi connectivity index (χ3v) is 5.33. The maximum atomic E-state index is 12.5. The molecule has 2 amide bonds. The van der Waals surface area contributed by atoms with Gasteiger partial charge in [-0.05, 0) is 49.3 Å². The minimum absolute atomic E-state index is 0.0696. The molecule has 3 rings (SSSR count). The normalized spacial score (nSPS) is 28.6. The zero-order valence-corrected chi connectivity index (χ0v) is 13.4. The van der Waals surface area contributed by atoms with Gasteiger partial charge in [-0.25, -0.2) is 0 Å². The molecule has 5 nitrogen and oxygen atoms in total. The van der Waals surface area contributed by atoms with Gasteiger partial charge in [-0.15, -0.1) is 0 Å². The maximum Gasteiger partial charge on any atom is 0.251 e. The molecule has 2 fully saturated rings. The van der Waals surface area contributed by atoms with Crippen molar-refractivity contribution in [3.63, 3.8) is 0 Å². The summed E-state index contributed by atoms with van der Waals surface area (Å²) >= 11 is 0. The Morgan fingerprint density at radius 2 is 2.04 bits per heavy atom. The number of rotatable bonds is 5. The number of carbonyl (C=O) groups excluding carboxylic acids is 2. The Bertz CT molecular complexity index is 602. The van der Waals surface area contributed by atoms with Crippen molar-refractivity contribution < 1.29 is 14.7 Å². The third kappa shape index (κ3) is 3.24. The molecule has 4 unspecified atom stereocenters. The monoisotopic (exact) mass is 316 g/mol. The van der Waals surface area contributed by atoms with Gasteiger partial charge in [0.15, 0.2) is 0 Å². The molecule has 0 saturated heterocycles. The maximum absolute atomic E-state index is 12.5. The van der Waals surface area contributed by atoms with E-state index in [1.54, 1.807) is 31.2 Å². The van der Waals surface area contributed by atoms with Crippen LogP contribution in [0.3, 0.4) is 0 Å². The largest absolute Gasteiger partial charge is 0.396 e. The number of carbonyl (C=O) groups is 2. The predicted molar refractivity (Wildman–Crippen MR) is 88.0 cm³/mol. The van der Waals surface area contributed by atoms with Crippen molar-refractivity contribution in [2.24, 2.45) is 17.8 Å². The Morgan fingerprint density at radius 3 is 2.78 bits per heavy atom. The molecule has 4 atom stereocenters. The lowest BCUT2D eigenvalue weighted by atomic mass is 9.85. The average Bonchev–Trinajstić information content (AvgIpc) is 3.16. The fourth-order valence-corrected chi connectivity index (χ4v) is 4.12. The van der Waals surface area contributed by atoms with Crippen LogP contribution in [0.2, 0.25) is 0 Å². The third-order valence-electron chi connectivity index (χ3n) is 5.33. The lowest BCUT2D eigenvalue weighted by Crippen LogP contribution is -2.45. The van der Waals surface area contributed by atoms with E-state index in [9.17, 15) is 14.7 Å². The van der Waals surface area contributed by atoms with E-state index >= 15 is 0 Å². The van der Waals surface area contributed by atoms with Crippen LogP contribution in [0.25, 0.3) is 0 Å². The number of fused-ring (bicyclic) bond motifs is 2. The molecule has 3 N–H and O–H groups in total. The molecule has 5 heteroatoms. The van der Waals surface area contributed by atoms with Gasteiger partial charge in [-0.3, -0.25) is 9.59 Å². The standard InChI is InChI=1S/C18H24N2O3/c1-2-16(22)19-14-5-3-4-13(9-14)18(23)20-17-12-7-6-11(8-12)15(17)10-21/h3-5,9,11-12,15,17,21H,2,6-8,10H2,1H3,(H,19,22)(H,20,23). The van der Waals surface area contributed by atoms with Crippen LogP contribution in [0.1, 0.15) is 43.0 Å². The van der Waals surface area contributed by atoms with Gasteiger partial charge in [0.2, 0.25) is 5.91 Å². The van der Waals surface area contributed by atoms with E-state index in [2.05, 4.69) is 10.6 Å². The number of anilines is 1. The summed E-state index contributed by atoms with van der Waals surface area (Å²) in [5.74, 6) is 1.01.